The van der Waals surface area contributed by atoms with Crippen LogP contribution >= 0.6 is 0 Å². The van der Waals surface area contributed by atoms with Gasteiger partial charge in [-0.15, -0.1) is 0 Å². The Morgan fingerprint density at radius 3 is 2.09 bits per heavy atom. The zero-order valence-electron chi connectivity index (χ0n) is 18.7. The molecule has 0 saturated heterocycles. The van der Waals surface area contributed by atoms with Crippen LogP contribution in [0.5, 0.6) is 0 Å². The van der Waals surface area contributed by atoms with Crippen molar-refractivity contribution >= 4 is 10.8 Å². The molecule has 0 bridgehead atoms. The summed E-state index contributed by atoms with van der Waals surface area (Å²) in [5, 5.41) is 1.45. The zero-order valence-corrected chi connectivity index (χ0v) is 18.7. The molecule has 4 aromatic rings. The van der Waals surface area contributed by atoms with Gasteiger partial charge in [0.15, 0.2) is 0 Å². The number of hydrogen-bond acceptors (Lipinski definition) is 0. The van der Waals surface area contributed by atoms with Crippen molar-refractivity contribution in [3.8, 4) is 11.1 Å². The van der Waals surface area contributed by atoms with Crippen molar-refractivity contribution in [2.24, 2.45) is 0 Å². The molecule has 4 aromatic carbocycles. The zero-order chi connectivity index (χ0) is 22.3. The van der Waals surface area contributed by atoms with Gasteiger partial charge in [-0.1, -0.05) is 92.9 Å². The Hall–Kier alpha value is -3.00. The van der Waals surface area contributed by atoms with E-state index in [0.717, 1.165) is 24.6 Å². The minimum Gasteiger partial charge on any atom is -0.207 e. The monoisotopic (exact) mass is 428 g/mol. The van der Waals surface area contributed by atoms with E-state index in [1.165, 1.54) is 54.5 Å². The van der Waals surface area contributed by atoms with Gasteiger partial charge in [-0.25, -0.2) is 8.78 Å². The minimum atomic E-state index is -0.359. The van der Waals surface area contributed by atoms with Crippen molar-refractivity contribution in [2.75, 3.05) is 0 Å². The van der Waals surface area contributed by atoms with E-state index in [0.29, 0.717) is 16.5 Å². The van der Waals surface area contributed by atoms with Crippen LogP contribution in [-0.2, 0) is 19.3 Å². The summed E-state index contributed by atoms with van der Waals surface area (Å²) in [5.41, 5.74) is 4.93. The summed E-state index contributed by atoms with van der Waals surface area (Å²) >= 11 is 0. The summed E-state index contributed by atoms with van der Waals surface area (Å²) in [5.74, 6) is -0.656. The Morgan fingerprint density at radius 1 is 0.625 bits per heavy atom. The van der Waals surface area contributed by atoms with Crippen molar-refractivity contribution in [2.45, 2.75) is 51.9 Å². The van der Waals surface area contributed by atoms with Gasteiger partial charge in [-0.05, 0) is 65.5 Å². The number of halogens is 2. The molecule has 32 heavy (non-hydrogen) atoms. The maximum absolute atomic E-state index is 15.1. The van der Waals surface area contributed by atoms with E-state index in [1.54, 1.807) is 18.2 Å². The Morgan fingerprint density at radius 2 is 1.34 bits per heavy atom. The summed E-state index contributed by atoms with van der Waals surface area (Å²) in [6.07, 6.45) is 8.21. The van der Waals surface area contributed by atoms with E-state index in [4.69, 9.17) is 0 Å². The molecule has 0 saturated carbocycles. The topological polar surface area (TPSA) is 0 Å². The van der Waals surface area contributed by atoms with Crippen LogP contribution in [0.2, 0.25) is 0 Å². The second-order valence-electron chi connectivity index (χ2n) is 8.62. The van der Waals surface area contributed by atoms with Crippen LogP contribution in [0.15, 0.2) is 78.9 Å². The summed E-state index contributed by atoms with van der Waals surface area (Å²) in [6, 6.07) is 24.7. The first kappa shape index (κ1) is 22.2. The van der Waals surface area contributed by atoms with Gasteiger partial charge in [0.05, 0.1) is 0 Å². The molecule has 0 aliphatic heterocycles. The van der Waals surface area contributed by atoms with Gasteiger partial charge in [0.25, 0.3) is 0 Å². The lowest BCUT2D eigenvalue weighted by Gasteiger charge is -2.09. The van der Waals surface area contributed by atoms with Crippen LogP contribution in [0.25, 0.3) is 21.9 Å². The van der Waals surface area contributed by atoms with Crippen LogP contribution < -0.4 is 0 Å². The Bertz CT molecular complexity index is 1180. The van der Waals surface area contributed by atoms with Crippen molar-refractivity contribution in [1.29, 1.82) is 0 Å². The summed E-state index contributed by atoms with van der Waals surface area (Å²) in [6.45, 7) is 2.24. The molecule has 0 aromatic heterocycles. The normalized spacial score (nSPS) is 11.2. The van der Waals surface area contributed by atoms with Gasteiger partial charge in [0, 0.05) is 10.9 Å². The highest BCUT2D eigenvalue weighted by molar-refractivity contribution is 5.88. The van der Waals surface area contributed by atoms with Gasteiger partial charge in [0.2, 0.25) is 0 Å². The second-order valence-corrected chi connectivity index (χ2v) is 8.62. The number of aryl methyl sites for hydroxylation is 3. The van der Waals surface area contributed by atoms with E-state index in [9.17, 15) is 4.39 Å². The highest BCUT2D eigenvalue weighted by atomic mass is 19.1. The largest absolute Gasteiger partial charge is 0.207 e. The van der Waals surface area contributed by atoms with Gasteiger partial charge >= 0.3 is 0 Å². The van der Waals surface area contributed by atoms with E-state index < -0.39 is 0 Å². The smallest absolute Gasteiger partial charge is 0.138 e. The number of fused-ring (bicyclic) bond motifs is 1. The predicted molar refractivity (Wildman–Crippen MR) is 131 cm³/mol. The molecule has 0 aliphatic rings. The molecule has 0 N–H and O–H groups in total. The lowest BCUT2D eigenvalue weighted by molar-refractivity contribution is 0.627. The van der Waals surface area contributed by atoms with E-state index in [-0.39, 0.29) is 11.6 Å². The van der Waals surface area contributed by atoms with E-state index >= 15 is 4.39 Å². The van der Waals surface area contributed by atoms with Gasteiger partial charge in [0.1, 0.15) is 11.6 Å². The average molecular weight is 429 g/mol. The van der Waals surface area contributed by atoms with Crippen LogP contribution in [-0.4, -0.2) is 0 Å². The maximum Gasteiger partial charge on any atom is 0.138 e. The Kier molecular flexibility index (Phi) is 7.32. The molecule has 0 fully saturated rings. The Labute approximate surface area is 189 Å². The molecule has 0 radical (unpaired) electrons. The van der Waals surface area contributed by atoms with Gasteiger partial charge in [-0.2, -0.15) is 0 Å². The summed E-state index contributed by atoms with van der Waals surface area (Å²) in [7, 11) is 0. The predicted octanol–water partition coefficient (Wildman–Crippen LogP) is 8.69. The number of rotatable bonds is 9. The second kappa shape index (κ2) is 10.5. The highest BCUT2D eigenvalue weighted by Gasteiger charge is 2.10. The first-order valence-electron chi connectivity index (χ1n) is 11.7. The molecule has 164 valence electrons. The highest BCUT2D eigenvalue weighted by Crippen LogP contribution is 2.30. The quantitative estimate of drug-likeness (QED) is 0.234. The van der Waals surface area contributed by atoms with Crippen LogP contribution in [0.3, 0.4) is 0 Å². The maximum atomic E-state index is 15.1. The first-order valence-corrected chi connectivity index (χ1v) is 11.7. The molecule has 0 spiro atoms. The average Bonchev–Trinajstić information content (AvgIpc) is 2.81. The first-order chi connectivity index (χ1) is 15.6. The van der Waals surface area contributed by atoms with Crippen molar-refractivity contribution in [3.63, 3.8) is 0 Å². The number of hydrogen-bond donors (Lipinski definition) is 0. The van der Waals surface area contributed by atoms with Gasteiger partial charge < -0.3 is 0 Å². The molecule has 0 atom stereocenters. The molecule has 0 unspecified atom stereocenters. The fraction of sp³-hybridized carbons (Fsp3) is 0.267. The number of benzene rings is 4. The molecule has 0 nitrogen and oxygen atoms in total. The molecule has 0 aliphatic carbocycles. The lowest BCUT2D eigenvalue weighted by Crippen LogP contribution is -1.94. The SMILES string of the molecule is CCCCCCc1ccc(CCc2ccc3c(F)c(-c4cccc(F)c4)ccc3c2)cc1. The summed E-state index contributed by atoms with van der Waals surface area (Å²) < 4.78 is 28.7. The molecule has 0 heterocycles. The van der Waals surface area contributed by atoms with Crippen molar-refractivity contribution in [1.82, 2.24) is 0 Å². The van der Waals surface area contributed by atoms with E-state index in [1.807, 2.05) is 18.2 Å². The van der Waals surface area contributed by atoms with Crippen LogP contribution in [0.4, 0.5) is 8.78 Å². The van der Waals surface area contributed by atoms with Crippen molar-refractivity contribution in [3.05, 3.63) is 107 Å². The van der Waals surface area contributed by atoms with Crippen molar-refractivity contribution < 1.29 is 8.78 Å². The third-order valence-electron chi connectivity index (χ3n) is 6.20. The standard InChI is InChI=1S/C30H30F2/c1-2-3-4-5-7-22-10-12-23(13-11-22)14-15-24-16-18-28-26(20-24)17-19-29(30(28)32)25-8-6-9-27(31)21-25/h6,8-13,16-21H,2-5,7,14-15H2,1H3. The van der Waals surface area contributed by atoms with Crippen LogP contribution in [0, 0.1) is 11.6 Å². The molecule has 2 heteroatoms. The third kappa shape index (κ3) is 5.43. The fourth-order valence-electron chi connectivity index (χ4n) is 4.29. The van der Waals surface area contributed by atoms with Crippen LogP contribution in [0.1, 0.15) is 49.3 Å². The minimum absolute atomic E-state index is 0.297. The third-order valence-corrected chi connectivity index (χ3v) is 6.20. The van der Waals surface area contributed by atoms with Gasteiger partial charge in [-0.3, -0.25) is 0 Å². The molecular formula is C30H30F2. The molecule has 0 amide bonds. The molecular weight excluding hydrogens is 398 g/mol. The Balaban J connectivity index is 1.42. The lowest BCUT2D eigenvalue weighted by atomic mass is 9.96. The fourth-order valence-corrected chi connectivity index (χ4v) is 4.29. The summed E-state index contributed by atoms with van der Waals surface area (Å²) in [4.78, 5) is 0. The molecule has 4 rings (SSSR count). The van der Waals surface area contributed by atoms with E-state index in [2.05, 4.69) is 37.3 Å². The number of unbranched alkanes of at least 4 members (excludes halogenated alkanes) is 3.